The van der Waals surface area contributed by atoms with Gasteiger partial charge in [-0.15, -0.1) is 0 Å². The van der Waals surface area contributed by atoms with Crippen LogP contribution in [-0.4, -0.2) is 15.8 Å². The van der Waals surface area contributed by atoms with Crippen molar-refractivity contribution in [1.82, 2.24) is 15.2 Å². The Labute approximate surface area is 116 Å². The van der Waals surface area contributed by atoms with Crippen molar-refractivity contribution in [2.45, 2.75) is 65.0 Å². The van der Waals surface area contributed by atoms with Crippen LogP contribution < -0.4 is 11.3 Å². The van der Waals surface area contributed by atoms with Gasteiger partial charge in [0.2, 0.25) is 0 Å². The molecule has 0 aliphatic heterocycles. The Morgan fingerprint density at radius 2 is 2.05 bits per heavy atom. The fraction of sp³-hybridized carbons (Fsp3) is 0.800. The lowest BCUT2D eigenvalue weighted by Crippen LogP contribution is -2.43. The minimum Gasteiger partial charge on any atom is -0.271 e. The summed E-state index contributed by atoms with van der Waals surface area (Å²) in [6.07, 6.45) is 8.30. The summed E-state index contributed by atoms with van der Waals surface area (Å²) in [4.78, 5) is 0. The molecule has 0 saturated heterocycles. The molecule has 0 bridgehead atoms. The zero-order valence-electron chi connectivity index (χ0n) is 12.5. The summed E-state index contributed by atoms with van der Waals surface area (Å²) in [5.74, 6) is 6.87. The second-order valence-electron chi connectivity index (χ2n) is 6.31. The molecule has 0 amide bonds. The Hall–Kier alpha value is -0.870. The SMILES string of the molecule is CC(C)C(C)C(Cc1ccn(C2CCCC2)n1)NN. The van der Waals surface area contributed by atoms with E-state index in [0.29, 0.717) is 23.9 Å². The lowest BCUT2D eigenvalue weighted by atomic mass is 9.88. The largest absolute Gasteiger partial charge is 0.271 e. The van der Waals surface area contributed by atoms with Crippen LogP contribution in [0.5, 0.6) is 0 Å². The maximum atomic E-state index is 5.70. The van der Waals surface area contributed by atoms with Gasteiger partial charge in [-0.3, -0.25) is 16.0 Å². The number of nitrogens with zero attached hydrogens (tertiary/aromatic N) is 2. The molecule has 2 rings (SSSR count). The van der Waals surface area contributed by atoms with E-state index in [1.54, 1.807) is 0 Å². The third-order valence-electron chi connectivity index (χ3n) is 4.69. The summed E-state index contributed by atoms with van der Waals surface area (Å²) in [5, 5.41) is 4.74. The van der Waals surface area contributed by atoms with Gasteiger partial charge in [-0.05, 0) is 30.7 Å². The number of aromatic nitrogens is 2. The highest BCUT2D eigenvalue weighted by atomic mass is 15.3. The molecule has 108 valence electrons. The molecule has 1 fully saturated rings. The van der Waals surface area contributed by atoms with Gasteiger partial charge in [-0.25, -0.2) is 0 Å². The summed E-state index contributed by atoms with van der Waals surface area (Å²) in [6.45, 7) is 6.74. The van der Waals surface area contributed by atoms with Crippen molar-refractivity contribution in [3.8, 4) is 0 Å². The number of nitrogens with two attached hydrogens (primary N) is 1. The van der Waals surface area contributed by atoms with Crippen LogP contribution in [0.2, 0.25) is 0 Å². The normalized spacial score (nSPS) is 20.1. The minimum absolute atomic E-state index is 0.298. The highest BCUT2D eigenvalue weighted by molar-refractivity contribution is 5.03. The van der Waals surface area contributed by atoms with Crippen molar-refractivity contribution in [3.05, 3.63) is 18.0 Å². The summed E-state index contributed by atoms with van der Waals surface area (Å²) in [7, 11) is 0. The average Bonchev–Trinajstić information content (AvgIpc) is 3.05. The van der Waals surface area contributed by atoms with Crippen LogP contribution in [0.1, 0.15) is 58.2 Å². The molecular weight excluding hydrogens is 236 g/mol. The second kappa shape index (κ2) is 6.53. The van der Waals surface area contributed by atoms with Gasteiger partial charge in [0.25, 0.3) is 0 Å². The predicted molar refractivity (Wildman–Crippen MR) is 78.5 cm³/mol. The van der Waals surface area contributed by atoms with Gasteiger partial charge in [0.15, 0.2) is 0 Å². The topological polar surface area (TPSA) is 55.9 Å². The lowest BCUT2D eigenvalue weighted by molar-refractivity contribution is 0.297. The van der Waals surface area contributed by atoms with Crippen LogP contribution in [0.3, 0.4) is 0 Å². The van der Waals surface area contributed by atoms with E-state index in [1.165, 1.54) is 25.7 Å². The van der Waals surface area contributed by atoms with E-state index in [9.17, 15) is 0 Å². The monoisotopic (exact) mass is 264 g/mol. The summed E-state index contributed by atoms with van der Waals surface area (Å²) < 4.78 is 2.16. The Kier molecular flexibility index (Phi) is 4.99. The van der Waals surface area contributed by atoms with Gasteiger partial charge in [0.05, 0.1) is 11.7 Å². The Bertz CT molecular complexity index is 379. The molecule has 19 heavy (non-hydrogen) atoms. The number of hydrogen-bond acceptors (Lipinski definition) is 3. The predicted octanol–water partition coefficient (Wildman–Crippen LogP) is 2.66. The molecule has 1 aromatic heterocycles. The Balaban J connectivity index is 1.97. The van der Waals surface area contributed by atoms with Gasteiger partial charge >= 0.3 is 0 Å². The summed E-state index contributed by atoms with van der Waals surface area (Å²) >= 11 is 0. The Morgan fingerprint density at radius 3 is 2.63 bits per heavy atom. The molecule has 4 heteroatoms. The molecule has 1 aliphatic rings. The van der Waals surface area contributed by atoms with Gasteiger partial charge in [0, 0.05) is 18.7 Å². The Morgan fingerprint density at radius 1 is 1.37 bits per heavy atom. The lowest BCUT2D eigenvalue weighted by Gasteiger charge is -2.25. The van der Waals surface area contributed by atoms with E-state index < -0.39 is 0 Å². The first-order valence-corrected chi connectivity index (χ1v) is 7.62. The molecule has 2 unspecified atom stereocenters. The first kappa shape index (κ1) is 14.5. The number of nitrogens with one attached hydrogen (secondary N) is 1. The van der Waals surface area contributed by atoms with Crippen LogP contribution in [0.25, 0.3) is 0 Å². The quantitative estimate of drug-likeness (QED) is 0.613. The maximum Gasteiger partial charge on any atom is 0.0640 e. The fourth-order valence-electron chi connectivity index (χ4n) is 2.94. The molecule has 3 N–H and O–H groups in total. The van der Waals surface area contributed by atoms with E-state index in [-0.39, 0.29) is 0 Å². The molecule has 1 aliphatic carbocycles. The smallest absolute Gasteiger partial charge is 0.0640 e. The van der Waals surface area contributed by atoms with Gasteiger partial charge < -0.3 is 0 Å². The number of rotatable bonds is 6. The summed E-state index contributed by atoms with van der Waals surface area (Å²) in [6, 6.07) is 3.07. The fourth-order valence-corrected chi connectivity index (χ4v) is 2.94. The van der Waals surface area contributed by atoms with E-state index in [4.69, 9.17) is 10.9 Å². The first-order valence-electron chi connectivity index (χ1n) is 7.62. The maximum absolute atomic E-state index is 5.70. The van der Waals surface area contributed by atoms with Gasteiger partial charge in [0.1, 0.15) is 0 Å². The van der Waals surface area contributed by atoms with Gasteiger partial charge in [-0.2, -0.15) is 5.10 Å². The van der Waals surface area contributed by atoms with E-state index in [2.05, 4.69) is 43.1 Å². The highest BCUT2D eigenvalue weighted by Gasteiger charge is 2.22. The zero-order valence-corrected chi connectivity index (χ0v) is 12.5. The highest BCUT2D eigenvalue weighted by Crippen LogP contribution is 2.29. The van der Waals surface area contributed by atoms with Crippen molar-refractivity contribution in [3.63, 3.8) is 0 Å². The second-order valence-corrected chi connectivity index (χ2v) is 6.31. The molecule has 4 nitrogen and oxygen atoms in total. The third-order valence-corrected chi connectivity index (χ3v) is 4.69. The van der Waals surface area contributed by atoms with E-state index in [1.807, 2.05) is 0 Å². The minimum atomic E-state index is 0.298. The summed E-state index contributed by atoms with van der Waals surface area (Å²) in [5.41, 5.74) is 4.12. The zero-order chi connectivity index (χ0) is 13.8. The molecule has 0 aromatic carbocycles. The van der Waals surface area contributed by atoms with Crippen molar-refractivity contribution in [2.24, 2.45) is 17.7 Å². The van der Waals surface area contributed by atoms with E-state index in [0.717, 1.165) is 12.1 Å². The van der Waals surface area contributed by atoms with Crippen LogP contribution in [0.4, 0.5) is 0 Å². The van der Waals surface area contributed by atoms with Crippen molar-refractivity contribution in [2.75, 3.05) is 0 Å². The molecular formula is C15H28N4. The van der Waals surface area contributed by atoms with Crippen LogP contribution in [0.15, 0.2) is 12.3 Å². The van der Waals surface area contributed by atoms with Crippen LogP contribution in [-0.2, 0) is 6.42 Å². The van der Waals surface area contributed by atoms with Crippen molar-refractivity contribution >= 4 is 0 Å². The van der Waals surface area contributed by atoms with E-state index >= 15 is 0 Å². The molecule has 1 heterocycles. The molecule has 0 spiro atoms. The standard InChI is InChI=1S/C15H28N4/c1-11(2)12(3)15(17-16)10-13-8-9-19(18-13)14-6-4-5-7-14/h8-9,11-12,14-15,17H,4-7,10,16H2,1-3H3. The van der Waals surface area contributed by atoms with Crippen molar-refractivity contribution in [1.29, 1.82) is 0 Å². The van der Waals surface area contributed by atoms with Gasteiger partial charge in [-0.1, -0.05) is 33.6 Å². The van der Waals surface area contributed by atoms with Crippen LogP contribution in [0, 0.1) is 11.8 Å². The third kappa shape index (κ3) is 3.57. The van der Waals surface area contributed by atoms with Crippen molar-refractivity contribution < 1.29 is 0 Å². The molecule has 1 saturated carbocycles. The molecule has 1 aromatic rings. The molecule has 0 radical (unpaired) electrons. The number of hydrazine groups is 1. The first-order chi connectivity index (χ1) is 9.11. The average molecular weight is 264 g/mol. The molecule has 2 atom stereocenters. The number of hydrogen-bond donors (Lipinski definition) is 2. The van der Waals surface area contributed by atoms with Crippen LogP contribution >= 0.6 is 0 Å².